The number of ether oxygens (including phenoxy) is 2. The molecule has 0 aromatic rings. The number of hydrogen-bond acceptors (Lipinski definition) is 3. The Labute approximate surface area is 154 Å². The lowest BCUT2D eigenvalue weighted by atomic mass is 10.1. The first kappa shape index (κ1) is 23.3. The number of carbonyl (C=O) groups excluding carboxylic acids is 1. The van der Waals surface area contributed by atoms with Crippen LogP contribution in [0, 0.1) is 0 Å². The van der Waals surface area contributed by atoms with Crippen molar-refractivity contribution in [3.8, 4) is 0 Å². The monoisotopic (exact) mass is 360 g/mol. The third-order valence-corrected chi connectivity index (χ3v) is 4.16. The average molecular weight is 361 g/mol. The second-order valence-corrected chi connectivity index (χ2v) is 6.51. The van der Waals surface area contributed by atoms with Crippen molar-refractivity contribution < 1.29 is 14.3 Å². The third-order valence-electron chi connectivity index (χ3n) is 4.05. The average Bonchev–Trinajstić information content (AvgIpc) is 2.58. The molecule has 4 heteroatoms. The topological polar surface area (TPSA) is 35.5 Å². The Morgan fingerprint density at radius 1 is 0.750 bits per heavy atom. The number of unbranched alkanes of at least 4 members (excludes halogenated alkanes) is 12. The van der Waals surface area contributed by atoms with Crippen molar-refractivity contribution in [3.63, 3.8) is 0 Å². The van der Waals surface area contributed by atoms with Gasteiger partial charge in [0.2, 0.25) is 0 Å². The van der Waals surface area contributed by atoms with Crippen molar-refractivity contribution in [2.24, 2.45) is 0 Å². The number of carbonyl (C=O) groups is 1. The summed E-state index contributed by atoms with van der Waals surface area (Å²) in [5.41, 5.74) is 0. The molecule has 0 aliphatic heterocycles. The Morgan fingerprint density at radius 2 is 1.25 bits per heavy atom. The first-order chi connectivity index (χ1) is 11.8. The minimum Gasteiger partial charge on any atom is -0.434 e. The van der Waals surface area contributed by atoms with E-state index in [-0.39, 0.29) is 6.07 Å². The van der Waals surface area contributed by atoms with Gasteiger partial charge >= 0.3 is 6.16 Å². The molecular weight excluding hydrogens is 324 g/mol. The largest absolute Gasteiger partial charge is 0.509 e. The van der Waals surface area contributed by atoms with Crippen molar-refractivity contribution >= 4 is 17.8 Å². The smallest absolute Gasteiger partial charge is 0.434 e. The van der Waals surface area contributed by atoms with E-state index >= 15 is 0 Å². The van der Waals surface area contributed by atoms with Crippen molar-refractivity contribution in [3.05, 3.63) is 12.2 Å². The van der Waals surface area contributed by atoms with Crippen molar-refractivity contribution in [2.45, 2.75) is 96.8 Å². The molecule has 24 heavy (non-hydrogen) atoms. The quantitative estimate of drug-likeness (QED) is 0.117. The van der Waals surface area contributed by atoms with E-state index < -0.39 is 6.16 Å². The summed E-state index contributed by atoms with van der Waals surface area (Å²) in [5, 5.41) is 0. The lowest BCUT2D eigenvalue weighted by molar-refractivity contribution is 0.0664. The van der Waals surface area contributed by atoms with Crippen LogP contribution in [-0.4, -0.2) is 18.8 Å². The van der Waals surface area contributed by atoms with Gasteiger partial charge in [-0.1, -0.05) is 88.5 Å². The van der Waals surface area contributed by atoms with Gasteiger partial charge in [-0.3, -0.25) is 0 Å². The van der Waals surface area contributed by atoms with Crippen LogP contribution in [0.3, 0.4) is 0 Å². The molecule has 0 heterocycles. The first-order valence-electron chi connectivity index (χ1n) is 9.81. The molecule has 0 aromatic carbocycles. The highest BCUT2D eigenvalue weighted by molar-refractivity contribution is 6.17. The molecule has 0 N–H and O–H groups in total. The molecule has 0 fully saturated rings. The summed E-state index contributed by atoms with van der Waals surface area (Å²) in [6.45, 7) is 2.69. The molecule has 0 aliphatic carbocycles. The minimum atomic E-state index is -0.669. The Bertz CT molecular complexity index is 293. The van der Waals surface area contributed by atoms with Gasteiger partial charge in [-0.15, -0.1) is 0 Å². The molecule has 0 bridgehead atoms. The van der Waals surface area contributed by atoms with Crippen molar-refractivity contribution in [1.29, 1.82) is 0 Å². The van der Waals surface area contributed by atoms with Crippen molar-refractivity contribution in [1.82, 2.24) is 0 Å². The number of hydrogen-bond donors (Lipinski definition) is 0. The van der Waals surface area contributed by atoms with Crippen LogP contribution in [0.5, 0.6) is 0 Å². The highest BCUT2D eigenvalue weighted by Gasteiger charge is 2.01. The van der Waals surface area contributed by atoms with E-state index in [0.29, 0.717) is 6.61 Å². The Morgan fingerprint density at radius 3 is 1.79 bits per heavy atom. The van der Waals surface area contributed by atoms with E-state index in [4.69, 9.17) is 16.3 Å². The predicted molar refractivity (Wildman–Crippen MR) is 103 cm³/mol. The number of rotatable bonds is 17. The maximum atomic E-state index is 10.9. The highest BCUT2D eigenvalue weighted by Crippen LogP contribution is 2.10. The molecule has 0 rings (SSSR count). The van der Waals surface area contributed by atoms with Gasteiger partial charge in [-0.05, 0) is 32.1 Å². The van der Waals surface area contributed by atoms with Crippen LogP contribution in [0.4, 0.5) is 4.79 Å². The van der Waals surface area contributed by atoms with Gasteiger partial charge in [0, 0.05) is 0 Å². The summed E-state index contributed by atoms with van der Waals surface area (Å²) < 4.78 is 9.32. The summed E-state index contributed by atoms with van der Waals surface area (Å²) in [7, 11) is 0. The standard InChI is InChI=1S/C20H37ClO3/c1-2-3-4-5-6-7-8-9-10-11-12-13-14-15-16-17-18-23-20(22)24-19-21/h9-10H,2-8,11-19H2,1H3/b10-9+. The second-order valence-electron chi connectivity index (χ2n) is 6.29. The second kappa shape index (κ2) is 20.3. The van der Waals surface area contributed by atoms with Crippen LogP contribution < -0.4 is 0 Å². The Kier molecular flexibility index (Phi) is 19.8. The Hall–Kier alpha value is -0.700. The van der Waals surface area contributed by atoms with Gasteiger partial charge < -0.3 is 9.47 Å². The molecule has 0 aromatic heterocycles. The van der Waals surface area contributed by atoms with E-state index in [1.54, 1.807) is 0 Å². The van der Waals surface area contributed by atoms with E-state index in [2.05, 4.69) is 23.8 Å². The van der Waals surface area contributed by atoms with E-state index in [1.807, 2.05) is 0 Å². The van der Waals surface area contributed by atoms with Crippen LogP contribution in [0.15, 0.2) is 12.2 Å². The predicted octanol–water partition coefficient (Wildman–Crippen LogP) is 7.37. The zero-order chi connectivity index (χ0) is 17.7. The molecule has 0 atom stereocenters. The van der Waals surface area contributed by atoms with Crippen LogP contribution >= 0.6 is 11.6 Å². The van der Waals surface area contributed by atoms with E-state index in [0.717, 1.165) is 12.8 Å². The van der Waals surface area contributed by atoms with E-state index in [9.17, 15) is 4.79 Å². The van der Waals surface area contributed by atoms with Gasteiger partial charge in [-0.2, -0.15) is 0 Å². The van der Waals surface area contributed by atoms with Crippen molar-refractivity contribution in [2.75, 3.05) is 12.7 Å². The molecule has 0 spiro atoms. The van der Waals surface area contributed by atoms with Crippen LogP contribution in [0.25, 0.3) is 0 Å². The molecular formula is C20H37ClO3. The van der Waals surface area contributed by atoms with Crippen LogP contribution in [-0.2, 0) is 9.47 Å². The van der Waals surface area contributed by atoms with Gasteiger partial charge in [0.15, 0.2) is 6.07 Å². The Balaban J connectivity index is 3.11. The number of alkyl halides is 1. The number of halogens is 1. The summed E-state index contributed by atoms with van der Waals surface area (Å²) in [6, 6.07) is -0.147. The molecule has 0 amide bonds. The van der Waals surface area contributed by atoms with Gasteiger partial charge in [0.05, 0.1) is 6.61 Å². The fourth-order valence-electron chi connectivity index (χ4n) is 2.59. The zero-order valence-electron chi connectivity index (χ0n) is 15.6. The summed E-state index contributed by atoms with van der Waals surface area (Å²) >= 11 is 5.25. The summed E-state index contributed by atoms with van der Waals surface area (Å²) in [6.07, 6.45) is 21.8. The zero-order valence-corrected chi connectivity index (χ0v) is 16.3. The first-order valence-corrected chi connectivity index (χ1v) is 10.3. The van der Waals surface area contributed by atoms with Gasteiger partial charge in [-0.25, -0.2) is 4.79 Å². The van der Waals surface area contributed by atoms with Crippen LogP contribution in [0.2, 0.25) is 0 Å². The van der Waals surface area contributed by atoms with Crippen LogP contribution in [0.1, 0.15) is 96.8 Å². The third kappa shape index (κ3) is 19.3. The fourth-order valence-corrected chi connectivity index (χ4v) is 2.68. The molecule has 0 unspecified atom stereocenters. The SMILES string of the molecule is CCCCCCCC/C=C/CCCCCCCCOC(=O)OCCl. The molecule has 0 saturated carbocycles. The van der Waals surface area contributed by atoms with Gasteiger partial charge in [0.25, 0.3) is 0 Å². The minimum absolute atomic E-state index is 0.147. The molecule has 142 valence electrons. The molecule has 0 radical (unpaired) electrons. The molecule has 0 saturated heterocycles. The summed E-state index contributed by atoms with van der Waals surface area (Å²) in [4.78, 5) is 10.9. The fraction of sp³-hybridized carbons (Fsp3) is 0.850. The number of allylic oxidation sites excluding steroid dienone is 2. The maximum absolute atomic E-state index is 10.9. The maximum Gasteiger partial charge on any atom is 0.509 e. The highest BCUT2D eigenvalue weighted by atomic mass is 35.5. The molecule has 0 aliphatic rings. The van der Waals surface area contributed by atoms with Gasteiger partial charge in [0.1, 0.15) is 0 Å². The van der Waals surface area contributed by atoms with E-state index in [1.165, 1.54) is 77.0 Å². The lowest BCUT2D eigenvalue weighted by Gasteiger charge is -2.03. The normalized spacial score (nSPS) is 11.1. The summed E-state index contributed by atoms with van der Waals surface area (Å²) in [5.74, 6) is 0. The molecule has 3 nitrogen and oxygen atoms in total. The lowest BCUT2D eigenvalue weighted by Crippen LogP contribution is -2.07.